The standard InChI is InChI=1S/C18H20N4O/c23-17-11-18(14-22(17)16-3-1-2-7-20-16)6-10-21(13-18)12-15-4-8-19-9-5-15/h1-5,7-9H,6,10-14H2/t18-/m1/s1. The summed E-state index contributed by atoms with van der Waals surface area (Å²) in [6.07, 6.45) is 7.13. The Morgan fingerprint density at radius 1 is 1.09 bits per heavy atom. The molecule has 23 heavy (non-hydrogen) atoms. The van der Waals surface area contributed by atoms with Crippen LogP contribution in [0.15, 0.2) is 48.9 Å². The largest absolute Gasteiger partial charge is 0.298 e. The van der Waals surface area contributed by atoms with E-state index in [1.807, 2.05) is 35.5 Å². The van der Waals surface area contributed by atoms with E-state index >= 15 is 0 Å². The maximum Gasteiger partial charge on any atom is 0.228 e. The zero-order chi connectivity index (χ0) is 15.7. The number of amides is 1. The molecule has 4 heterocycles. The molecule has 2 fully saturated rings. The van der Waals surface area contributed by atoms with E-state index in [4.69, 9.17) is 0 Å². The molecule has 0 saturated carbocycles. The van der Waals surface area contributed by atoms with Crippen molar-refractivity contribution in [3.8, 4) is 0 Å². The topological polar surface area (TPSA) is 49.3 Å². The summed E-state index contributed by atoms with van der Waals surface area (Å²) in [4.78, 5) is 25.2. The molecule has 1 atom stereocenters. The molecule has 5 heteroatoms. The SMILES string of the molecule is O=C1C[C@@]2(CCN(Cc3ccncc3)C2)CN1c1ccccn1. The number of aromatic nitrogens is 2. The highest BCUT2D eigenvalue weighted by Gasteiger charge is 2.47. The predicted molar refractivity (Wildman–Crippen MR) is 87.8 cm³/mol. The van der Waals surface area contributed by atoms with Gasteiger partial charge in [0.25, 0.3) is 0 Å². The molecule has 0 N–H and O–H groups in total. The molecule has 2 aromatic heterocycles. The minimum absolute atomic E-state index is 0.0850. The number of nitrogens with zero attached hydrogens (tertiary/aromatic N) is 4. The van der Waals surface area contributed by atoms with Crippen LogP contribution in [0.25, 0.3) is 0 Å². The van der Waals surface area contributed by atoms with Crippen LogP contribution in [0.3, 0.4) is 0 Å². The lowest BCUT2D eigenvalue weighted by molar-refractivity contribution is -0.117. The van der Waals surface area contributed by atoms with E-state index in [1.165, 1.54) is 5.56 Å². The zero-order valence-corrected chi connectivity index (χ0v) is 13.1. The maximum absolute atomic E-state index is 12.5. The number of pyridine rings is 2. The molecule has 118 valence electrons. The lowest BCUT2D eigenvalue weighted by Gasteiger charge is -2.24. The molecule has 2 saturated heterocycles. The molecule has 5 nitrogen and oxygen atoms in total. The molecule has 2 aromatic rings. The minimum Gasteiger partial charge on any atom is -0.298 e. The third kappa shape index (κ3) is 2.84. The Kier molecular flexibility index (Phi) is 3.58. The normalized spacial score (nSPS) is 24.7. The van der Waals surface area contributed by atoms with Crippen LogP contribution in [0, 0.1) is 5.41 Å². The Labute approximate surface area is 136 Å². The average molecular weight is 308 g/mol. The highest BCUT2D eigenvalue weighted by Crippen LogP contribution is 2.41. The third-order valence-electron chi connectivity index (χ3n) is 4.92. The summed E-state index contributed by atoms with van der Waals surface area (Å²) >= 11 is 0. The van der Waals surface area contributed by atoms with Crippen LogP contribution in [-0.2, 0) is 11.3 Å². The Bertz CT molecular complexity index is 691. The van der Waals surface area contributed by atoms with Gasteiger partial charge in [0.15, 0.2) is 0 Å². The quantitative estimate of drug-likeness (QED) is 0.871. The molecule has 4 rings (SSSR count). The van der Waals surface area contributed by atoms with Gasteiger partial charge in [0.1, 0.15) is 5.82 Å². The second-order valence-electron chi connectivity index (χ2n) is 6.66. The molecule has 1 amide bonds. The van der Waals surface area contributed by atoms with Crippen LogP contribution in [0.4, 0.5) is 5.82 Å². The van der Waals surface area contributed by atoms with Crippen LogP contribution in [-0.4, -0.2) is 40.4 Å². The Balaban J connectivity index is 1.45. The molecule has 0 unspecified atom stereocenters. The van der Waals surface area contributed by atoms with E-state index < -0.39 is 0 Å². The lowest BCUT2D eigenvalue weighted by atomic mass is 9.86. The molecule has 2 aliphatic rings. The van der Waals surface area contributed by atoms with Gasteiger partial charge < -0.3 is 0 Å². The summed E-state index contributed by atoms with van der Waals surface area (Å²) in [7, 11) is 0. The van der Waals surface area contributed by atoms with Crippen molar-refractivity contribution in [1.29, 1.82) is 0 Å². The van der Waals surface area contributed by atoms with Gasteiger partial charge in [0.2, 0.25) is 5.91 Å². The monoisotopic (exact) mass is 308 g/mol. The summed E-state index contributed by atoms with van der Waals surface area (Å²) < 4.78 is 0. The number of carbonyl (C=O) groups is 1. The van der Waals surface area contributed by atoms with Crippen molar-refractivity contribution in [2.75, 3.05) is 24.5 Å². The zero-order valence-electron chi connectivity index (χ0n) is 13.1. The second-order valence-corrected chi connectivity index (χ2v) is 6.66. The molecular weight excluding hydrogens is 288 g/mol. The van der Waals surface area contributed by atoms with Gasteiger partial charge >= 0.3 is 0 Å². The number of hydrogen-bond acceptors (Lipinski definition) is 4. The van der Waals surface area contributed by atoms with Crippen LogP contribution in [0.5, 0.6) is 0 Å². The fourth-order valence-electron chi connectivity index (χ4n) is 3.80. The van der Waals surface area contributed by atoms with Crippen molar-refractivity contribution in [3.05, 3.63) is 54.5 Å². The van der Waals surface area contributed by atoms with Gasteiger partial charge in [-0.15, -0.1) is 0 Å². The summed E-state index contributed by atoms with van der Waals surface area (Å²) in [5, 5.41) is 0. The first-order valence-electron chi connectivity index (χ1n) is 8.07. The number of carbonyl (C=O) groups excluding carboxylic acids is 1. The first-order chi connectivity index (χ1) is 11.2. The summed E-state index contributed by atoms with van der Waals surface area (Å²) in [6.45, 7) is 3.74. The smallest absolute Gasteiger partial charge is 0.228 e. The van der Waals surface area contributed by atoms with Gasteiger partial charge in [-0.1, -0.05) is 6.07 Å². The van der Waals surface area contributed by atoms with Crippen molar-refractivity contribution in [2.24, 2.45) is 5.41 Å². The van der Waals surface area contributed by atoms with Gasteiger partial charge in [-0.2, -0.15) is 0 Å². The number of rotatable bonds is 3. The molecule has 0 aliphatic carbocycles. The number of hydrogen-bond donors (Lipinski definition) is 0. The van der Waals surface area contributed by atoms with Gasteiger partial charge in [-0.3, -0.25) is 19.6 Å². The van der Waals surface area contributed by atoms with E-state index in [1.54, 1.807) is 6.20 Å². The highest BCUT2D eigenvalue weighted by molar-refractivity contribution is 5.95. The van der Waals surface area contributed by atoms with Crippen molar-refractivity contribution in [1.82, 2.24) is 14.9 Å². The van der Waals surface area contributed by atoms with Gasteiger partial charge in [-0.25, -0.2) is 4.98 Å². The predicted octanol–water partition coefficient (Wildman–Crippen LogP) is 2.11. The highest BCUT2D eigenvalue weighted by atomic mass is 16.2. The first-order valence-corrected chi connectivity index (χ1v) is 8.07. The summed E-state index contributed by atoms with van der Waals surface area (Å²) in [6, 6.07) is 9.85. The molecular formula is C18H20N4O. The fourth-order valence-corrected chi connectivity index (χ4v) is 3.80. The Morgan fingerprint density at radius 2 is 1.96 bits per heavy atom. The molecule has 0 radical (unpaired) electrons. The van der Waals surface area contributed by atoms with E-state index in [9.17, 15) is 4.79 Å². The van der Waals surface area contributed by atoms with E-state index in [2.05, 4.69) is 27.0 Å². The fraction of sp³-hybridized carbons (Fsp3) is 0.389. The van der Waals surface area contributed by atoms with Crippen LogP contribution < -0.4 is 4.90 Å². The van der Waals surface area contributed by atoms with Gasteiger partial charge in [0, 0.05) is 50.1 Å². The first kappa shape index (κ1) is 14.3. The van der Waals surface area contributed by atoms with Crippen molar-refractivity contribution in [2.45, 2.75) is 19.4 Å². The molecule has 1 spiro atoms. The maximum atomic E-state index is 12.5. The van der Waals surface area contributed by atoms with Gasteiger partial charge in [0.05, 0.1) is 0 Å². The van der Waals surface area contributed by atoms with E-state index in [-0.39, 0.29) is 11.3 Å². The third-order valence-corrected chi connectivity index (χ3v) is 4.92. The Hall–Kier alpha value is -2.27. The lowest BCUT2D eigenvalue weighted by Crippen LogP contribution is -2.31. The summed E-state index contributed by atoms with van der Waals surface area (Å²) in [5.74, 6) is 0.983. The summed E-state index contributed by atoms with van der Waals surface area (Å²) in [5.41, 5.74) is 1.37. The van der Waals surface area contributed by atoms with E-state index in [0.717, 1.165) is 38.4 Å². The molecule has 0 aromatic carbocycles. The number of likely N-dealkylation sites (tertiary alicyclic amines) is 1. The molecule has 2 aliphatic heterocycles. The van der Waals surface area contributed by atoms with Crippen LogP contribution in [0.2, 0.25) is 0 Å². The minimum atomic E-state index is 0.0850. The van der Waals surface area contributed by atoms with Gasteiger partial charge in [-0.05, 0) is 42.8 Å². The van der Waals surface area contributed by atoms with Crippen LogP contribution in [0.1, 0.15) is 18.4 Å². The van der Waals surface area contributed by atoms with Crippen molar-refractivity contribution in [3.63, 3.8) is 0 Å². The average Bonchev–Trinajstić information content (AvgIpc) is 3.12. The van der Waals surface area contributed by atoms with Crippen LogP contribution >= 0.6 is 0 Å². The number of anilines is 1. The second kappa shape index (κ2) is 5.74. The Morgan fingerprint density at radius 3 is 2.74 bits per heavy atom. The van der Waals surface area contributed by atoms with Crippen molar-refractivity contribution < 1.29 is 4.79 Å². The molecule has 0 bridgehead atoms. The van der Waals surface area contributed by atoms with Crippen molar-refractivity contribution >= 4 is 11.7 Å². The van der Waals surface area contributed by atoms with E-state index in [0.29, 0.717) is 6.42 Å².